The summed E-state index contributed by atoms with van der Waals surface area (Å²) in [6, 6.07) is 1.77. The van der Waals surface area contributed by atoms with Crippen molar-refractivity contribution in [1.29, 1.82) is 0 Å². The van der Waals surface area contributed by atoms with Gasteiger partial charge in [0.15, 0.2) is 0 Å². The first-order valence-corrected chi connectivity index (χ1v) is 7.85. The summed E-state index contributed by atoms with van der Waals surface area (Å²) in [5, 5.41) is 7.54. The van der Waals surface area contributed by atoms with E-state index in [0.29, 0.717) is 12.5 Å². The number of amides is 1. The van der Waals surface area contributed by atoms with E-state index in [9.17, 15) is 4.79 Å². The number of hydrogen-bond donors (Lipinski definition) is 1. The average Bonchev–Trinajstić information content (AvgIpc) is 3.01. The lowest BCUT2D eigenvalue weighted by molar-refractivity contribution is -0.140. The van der Waals surface area contributed by atoms with E-state index in [1.54, 1.807) is 0 Å². The summed E-state index contributed by atoms with van der Waals surface area (Å²) in [6.07, 6.45) is 5.88. The highest BCUT2D eigenvalue weighted by Crippen LogP contribution is 2.20. The highest BCUT2D eigenvalue weighted by molar-refractivity contribution is 5.82. The van der Waals surface area contributed by atoms with Gasteiger partial charge in [-0.1, -0.05) is 0 Å². The van der Waals surface area contributed by atoms with Crippen LogP contribution in [0.4, 0.5) is 0 Å². The lowest BCUT2D eigenvalue weighted by Gasteiger charge is -2.37. The van der Waals surface area contributed by atoms with E-state index in [4.69, 9.17) is 4.74 Å². The van der Waals surface area contributed by atoms with E-state index in [0.717, 1.165) is 39.0 Å². The maximum atomic E-state index is 12.6. The maximum absolute atomic E-state index is 12.6. The SMILES string of the molecule is C[C@H]1OCCN[C@@H]1C(=O)N1CCC(Cn2cccn2)CC1. The first-order valence-electron chi connectivity index (χ1n) is 7.85. The lowest BCUT2D eigenvalue weighted by atomic mass is 9.96. The van der Waals surface area contributed by atoms with Crippen molar-refractivity contribution in [2.75, 3.05) is 26.2 Å². The van der Waals surface area contributed by atoms with Crippen molar-refractivity contribution in [2.45, 2.75) is 38.5 Å². The summed E-state index contributed by atoms with van der Waals surface area (Å²) in [5.74, 6) is 0.807. The molecule has 0 radical (unpaired) electrons. The minimum atomic E-state index is -0.179. The second-order valence-corrected chi connectivity index (χ2v) is 6.00. The number of rotatable bonds is 3. The molecule has 1 aromatic heterocycles. The van der Waals surface area contributed by atoms with Crippen molar-refractivity contribution in [3.05, 3.63) is 18.5 Å². The summed E-state index contributed by atoms with van der Waals surface area (Å²) in [5.41, 5.74) is 0. The van der Waals surface area contributed by atoms with Gasteiger partial charge in [-0.25, -0.2) is 0 Å². The van der Waals surface area contributed by atoms with Crippen LogP contribution in [-0.4, -0.2) is 59.0 Å². The molecule has 0 bridgehead atoms. The van der Waals surface area contributed by atoms with Gasteiger partial charge in [0.2, 0.25) is 5.91 Å². The Morgan fingerprint density at radius 3 is 2.90 bits per heavy atom. The summed E-state index contributed by atoms with van der Waals surface area (Å²) < 4.78 is 7.56. The van der Waals surface area contributed by atoms with Crippen LogP contribution in [0.2, 0.25) is 0 Å². The third kappa shape index (κ3) is 3.44. The normalized spacial score (nSPS) is 27.8. The second-order valence-electron chi connectivity index (χ2n) is 6.00. The predicted molar refractivity (Wildman–Crippen MR) is 78.7 cm³/mol. The molecule has 6 heteroatoms. The second kappa shape index (κ2) is 6.58. The van der Waals surface area contributed by atoms with Crippen molar-refractivity contribution in [2.24, 2.45) is 5.92 Å². The summed E-state index contributed by atoms with van der Waals surface area (Å²) in [6.45, 7) is 6.06. The molecule has 3 heterocycles. The maximum Gasteiger partial charge on any atom is 0.242 e. The molecule has 6 nitrogen and oxygen atoms in total. The van der Waals surface area contributed by atoms with E-state index in [2.05, 4.69) is 10.4 Å². The van der Waals surface area contributed by atoms with E-state index >= 15 is 0 Å². The molecular weight excluding hydrogens is 268 g/mol. The highest BCUT2D eigenvalue weighted by atomic mass is 16.5. The number of carbonyl (C=O) groups is 1. The van der Waals surface area contributed by atoms with Crippen molar-refractivity contribution >= 4 is 5.91 Å². The zero-order chi connectivity index (χ0) is 14.7. The van der Waals surface area contributed by atoms with Gasteiger partial charge in [-0.05, 0) is 31.7 Å². The van der Waals surface area contributed by atoms with E-state index < -0.39 is 0 Å². The average molecular weight is 292 g/mol. The minimum absolute atomic E-state index is 0.0342. The lowest BCUT2D eigenvalue weighted by Crippen LogP contribution is -2.57. The monoisotopic (exact) mass is 292 g/mol. The zero-order valence-corrected chi connectivity index (χ0v) is 12.6. The van der Waals surface area contributed by atoms with Gasteiger partial charge in [0.1, 0.15) is 6.04 Å². The Morgan fingerprint density at radius 2 is 2.24 bits per heavy atom. The van der Waals surface area contributed by atoms with E-state index in [1.165, 1.54) is 0 Å². The van der Waals surface area contributed by atoms with Gasteiger partial charge in [-0.2, -0.15) is 5.10 Å². The molecule has 0 spiro atoms. The fourth-order valence-electron chi connectivity index (χ4n) is 3.22. The Labute approximate surface area is 125 Å². The van der Waals surface area contributed by atoms with Gasteiger partial charge in [0.25, 0.3) is 0 Å². The molecule has 1 aromatic rings. The number of hydrogen-bond acceptors (Lipinski definition) is 4. The molecule has 2 fully saturated rings. The van der Waals surface area contributed by atoms with Crippen LogP contribution in [0, 0.1) is 5.92 Å². The molecule has 1 N–H and O–H groups in total. The van der Waals surface area contributed by atoms with Crippen LogP contribution < -0.4 is 5.32 Å². The molecule has 2 aliphatic heterocycles. The first-order chi connectivity index (χ1) is 10.2. The number of likely N-dealkylation sites (tertiary alicyclic amines) is 1. The van der Waals surface area contributed by atoms with Gasteiger partial charge in [-0.15, -0.1) is 0 Å². The van der Waals surface area contributed by atoms with Gasteiger partial charge < -0.3 is 15.0 Å². The molecule has 116 valence electrons. The van der Waals surface area contributed by atoms with E-state index in [-0.39, 0.29) is 18.1 Å². The Bertz CT molecular complexity index is 454. The molecule has 2 saturated heterocycles. The van der Waals surface area contributed by atoms with Crippen molar-refractivity contribution in [1.82, 2.24) is 20.0 Å². The van der Waals surface area contributed by atoms with Crippen LogP contribution in [-0.2, 0) is 16.1 Å². The predicted octanol–water partition coefficient (Wildman–Crippen LogP) is 0.499. The van der Waals surface area contributed by atoms with Gasteiger partial charge in [0.05, 0.1) is 12.7 Å². The molecular formula is C15H24N4O2. The molecule has 0 saturated carbocycles. The minimum Gasteiger partial charge on any atom is -0.375 e. The van der Waals surface area contributed by atoms with Crippen LogP contribution in [0.25, 0.3) is 0 Å². The standard InChI is InChI=1S/C15H24N4O2/c1-12-14(16-6-10-21-12)15(20)18-8-3-13(4-9-18)11-19-7-2-5-17-19/h2,5,7,12-14,16H,3-4,6,8-11H2,1H3/t12-,14+/m1/s1. The number of nitrogens with zero attached hydrogens (tertiary/aromatic N) is 3. The summed E-state index contributed by atoms with van der Waals surface area (Å²) in [7, 11) is 0. The smallest absolute Gasteiger partial charge is 0.242 e. The van der Waals surface area contributed by atoms with Crippen LogP contribution >= 0.6 is 0 Å². The number of aromatic nitrogens is 2. The topological polar surface area (TPSA) is 59.4 Å². The van der Waals surface area contributed by atoms with Crippen molar-refractivity contribution in [3.63, 3.8) is 0 Å². The zero-order valence-electron chi connectivity index (χ0n) is 12.6. The third-order valence-corrected chi connectivity index (χ3v) is 4.51. The van der Waals surface area contributed by atoms with Crippen molar-refractivity contribution < 1.29 is 9.53 Å². The number of piperidine rings is 1. The molecule has 3 rings (SSSR count). The Kier molecular flexibility index (Phi) is 4.55. The number of carbonyl (C=O) groups excluding carboxylic acids is 1. The molecule has 0 aromatic carbocycles. The molecule has 2 atom stereocenters. The fraction of sp³-hybridized carbons (Fsp3) is 0.733. The van der Waals surface area contributed by atoms with Gasteiger partial charge >= 0.3 is 0 Å². The summed E-state index contributed by atoms with van der Waals surface area (Å²) >= 11 is 0. The van der Waals surface area contributed by atoms with Crippen LogP contribution in [0.15, 0.2) is 18.5 Å². The molecule has 21 heavy (non-hydrogen) atoms. The Hall–Kier alpha value is -1.40. The highest BCUT2D eigenvalue weighted by Gasteiger charge is 2.33. The fourth-order valence-corrected chi connectivity index (χ4v) is 3.22. The van der Waals surface area contributed by atoms with Gasteiger partial charge in [0, 0.05) is 38.6 Å². The van der Waals surface area contributed by atoms with Crippen LogP contribution in [0.1, 0.15) is 19.8 Å². The number of morpholine rings is 1. The van der Waals surface area contributed by atoms with Crippen LogP contribution in [0.5, 0.6) is 0 Å². The number of nitrogens with one attached hydrogen (secondary N) is 1. The first kappa shape index (κ1) is 14.5. The molecule has 1 amide bonds. The summed E-state index contributed by atoms with van der Waals surface area (Å²) in [4.78, 5) is 14.5. The largest absolute Gasteiger partial charge is 0.375 e. The molecule has 0 unspecified atom stereocenters. The molecule has 0 aliphatic carbocycles. The Morgan fingerprint density at radius 1 is 1.43 bits per heavy atom. The number of ether oxygens (including phenoxy) is 1. The van der Waals surface area contributed by atoms with E-state index in [1.807, 2.05) is 35.0 Å². The van der Waals surface area contributed by atoms with Crippen molar-refractivity contribution in [3.8, 4) is 0 Å². The third-order valence-electron chi connectivity index (χ3n) is 4.51. The van der Waals surface area contributed by atoms with Gasteiger partial charge in [-0.3, -0.25) is 9.48 Å². The Balaban J connectivity index is 1.49. The van der Waals surface area contributed by atoms with Crippen LogP contribution in [0.3, 0.4) is 0 Å². The molecule has 2 aliphatic rings. The quantitative estimate of drug-likeness (QED) is 0.881.